The van der Waals surface area contributed by atoms with E-state index in [2.05, 4.69) is 72.3 Å². The van der Waals surface area contributed by atoms with Crippen LogP contribution in [-0.2, 0) is 24.1 Å². The van der Waals surface area contributed by atoms with E-state index < -0.39 is 12.6 Å². The molecule has 1 aliphatic carbocycles. The van der Waals surface area contributed by atoms with Crippen LogP contribution < -0.4 is 16.0 Å². The van der Waals surface area contributed by atoms with E-state index in [0.717, 1.165) is 87.4 Å². The first-order chi connectivity index (χ1) is 24.0. The van der Waals surface area contributed by atoms with Crippen LogP contribution in [-0.4, -0.2) is 94.6 Å². The van der Waals surface area contributed by atoms with Crippen LogP contribution in [0.15, 0.2) is 24.3 Å². The molecule has 0 unspecified atom stereocenters. The van der Waals surface area contributed by atoms with Crippen molar-refractivity contribution in [2.24, 2.45) is 0 Å². The molecule has 0 bridgehead atoms. The van der Waals surface area contributed by atoms with E-state index in [4.69, 9.17) is 0 Å². The quantitative estimate of drug-likeness (QED) is 0.152. The topological polar surface area (TPSA) is 114 Å². The van der Waals surface area contributed by atoms with E-state index in [-0.39, 0.29) is 10.9 Å². The Balaban J connectivity index is 0.000000794. The Labute approximate surface area is 296 Å². The Morgan fingerprint density at radius 2 is 1.84 bits per heavy atom. The summed E-state index contributed by atoms with van der Waals surface area (Å²) in [7, 11) is 2.06. The summed E-state index contributed by atoms with van der Waals surface area (Å²) in [4.78, 5) is 14.7. The largest absolute Gasteiger partial charge is 0.393 e. The molecule has 3 aliphatic rings. The van der Waals surface area contributed by atoms with Crippen LogP contribution in [0.4, 0.5) is 24.9 Å². The van der Waals surface area contributed by atoms with E-state index in [1.165, 1.54) is 24.0 Å². The van der Waals surface area contributed by atoms with Crippen molar-refractivity contribution in [3.05, 3.63) is 46.0 Å². The minimum absolute atomic E-state index is 0.156. The number of hydrogen-bond acceptors (Lipinski definition) is 10. The van der Waals surface area contributed by atoms with Gasteiger partial charge in [0.25, 0.3) is 0 Å². The molecule has 1 atom stereocenters. The maximum absolute atomic E-state index is 13.0. The van der Waals surface area contributed by atoms with Gasteiger partial charge in [-0.05, 0) is 68.9 Å². The number of nitrogens with one attached hydrogen (secondary N) is 3. The Hall–Kier alpha value is -3.34. The van der Waals surface area contributed by atoms with Gasteiger partial charge in [0.2, 0.25) is 5.95 Å². The molecule has 4 aromatic rings. The van der Waals surface area contributed by atoms with Gasteiger partial charge < -0.3 is 20.5 Å². The Morgan fingerprint density at radius 3 is 2.46 bits per heavy atom. The van der Waals surface area contributed by atoms with Crippen LogP contribution >= 0.6 is 19.8 Å². The molecular weight excluding hydrogens is 682 g/mol. The smallest absolute Gasteiger partial charge is 0.367 e. The Bertz CT molecular complexity index is 1840. The summed E-state index contributed by atoms with van der Waals surface area (Å²) in [5.74, 6) is 0.971. The first kappa shape index (κ1) is 36.5. The lowest BCUT2D eigenvalue weighted by atomic mass is 10.0. The number of hydrogen-bond donors (Lipinski definition) is 3. The number of likely N-dealkylation sites (tertiary alicyclic amines) is 1. The predicted molar refractivity (Wildman–Crippen MR) is 195 cm³/mol. The third kappa shape index (κ3) is 8.93. The number of fused-ring (bicyclic) bond motifs is 2. The van der Waals surface area contributed by atoms with E-state index in [1.54, 1.807) is 13.1 Å². The Kier molecular flexibility index (Phi) is 11.6. The number of aryl methyl sites for hydroxylation is 1. The average Bonchev–Trinajstić information content (AvgIpc) is 3.77. The second-order valence-electron chi connectivity index (χ2n) is 13.6. The van der Waals surface area contributed by atoms with Crippen LogP contribution in [0.5, 0.6) is 0 Å². The van der Waals surface area contributed by atoms with Gasteiger partial charge in [0.05, 0.1) is 11.8 Å². The van der Waals surface area contributed by atoms with Gasteiger partial charge in [-0.1, -0.05) is 6.07 Å². The van der Waals surface area contributed by atoms with Gasteiger partial charge in [-0.25, -0.2) is 4.98 Å². The van der Waals surface area contributed by atoms with Crippen molar-refractivity contribution in [3.8, 4) is 6.07 Å². The third-order valence-corrected chi connectivity index (χ3v) is 11.7. The number of halogens is 3. The number of anilines is 2. The standard InChI is InChI=1S/C32H40F3N9S.C3H5OP/c1-20(43-12-8-38-9-13-43)18-44-24(17-36)14-26-21(2)22(4-5-28(26)44)19-42-10-6-23(7-11-42)39-29-27-15-25(16-32(33,34)35)45-30(27)41-31(37-3)40-29;4-5-3-1-2-3/h4-5,14-15,20,23,38H,6-13,16,18-19H2,1-3H3,(H2,37,39,40,41);3H,1-2H2/t20-;/m0./s1. The average molecular weight is 728 g/mol. The number of aromatic nitrogens is 3. The summed E-state index contributed by atoms with van der Waals surface area (Å²) in [5.41, 5.74) is 4.84. The second kappa shape index (κ2) is 15.9. The molecule has 3 N–H and O–H groups in total. The van der Waals surface area contributed by atoms with E-state index in [0.29, 0.717) is 47.8 Å². The molecule has 2 saturated heterocycles. The highest BCUT2D eigenvalue weighted by Gasteiger charge is 2.30. The maximum Gasteiger partial charge on any atom is 0.393 e. The van der Waals surface area contributed by atoms with E-state index in [9.17, 15) is 23.0 Å². The number of piperazine rings is 1. The van der Waals surface area contributed by atoms with Crippen LogP contribution in [0, 0.1) is 18.3 Å². The van der Waals surface area contributed by atoms with Gasteiger partial charge in [-0.3, -0.25) is 14.4 Å². The fourth-order valence-corrected chi connectivity index (χ4v) is 8.23. The van der Waals surface area contributed by atoms with Crippen molar-refractivity contribution in [3.63, 3.8) is 0 Å². The van der Waals surface area contributed by atoms with Crippen molar-refractivity contribution in [1.82, 2.24) is 29.7 Å². The molecule has 5 heterocycles. The van der Waals surface area contributed by atoms with Crippen LogP contribution in [0.2, 0.25) is 0 Å². The van der Waals surface area contributed by atoms with Gasteiger partial charge in [0, 0.05) is 92.9 Å². The van der Waals surface area contributed by atoms with Crippen molar-refractivity contribution in [2.75, 3.05) is 56.9 Å². The number of benzene rings is 1. The van der Waals surface area contributed by atoms with Gasteiger partial charge in [-0.2, -0.15) is 23.4 Å². The molecule has 0 radical (unpaired) electrons. The number of thiophene rings is 1. The number of piperidine rings is 1. The molecule has 7 rings (SSSR count). The molecule has 15 heteroatoms. The lowest BCUT2D eigenvalue weighted by molar-refractivity contribution is -0.126. The molecule has 3 fully saturated rings. The van der Waals surface area contributed by atoms with Crippen molar-refractivity contribution < 1.29 is 17.7 Å². The SMILES string of the molecule is CNc1nc(NC2CCN(Cc3ccc4c(cc(C#N)n4C[C@H](C)N4CCNCC4)c3C)CC2)c2cc(CC(F)(F)F)sc2n1.O=PC1CC1. The number of alkyl halides is 3. The highest BCUT2D eigenvalue weighted by molar-refractivity contribution is 7.25. The second-order valence-corrected chi connectivity index (χ2v) is 15.6. The molecule has 1 saturated carbocycles. The summed E-state index contributed by atoms with van der Waals surface area (Å²) >= 11 is 1.06. The first-order valence-corrected chi connectivity index (χ1v) is 19.1. The fourth-order valence-electron chi connectivity index (χ4n) is 6.81. The summed E-state index contributed by atoms with van der Waals surface area (Å²) in [5, 5.41) is 21.6. The van der Waals surface area contributed by atoms with Crippen molar-refractivity contribution in [1.29, 1.82) is 5.26 Å². The van der Waals surface area contributed by atoms with Gasteiger partial charge >= 0.3 is 6.18 Å². The summed E-state index contributed by atoms with van der Waals surface area (Å²) in [6.45, 7) is 11.8. The van der Waals surface area contributed by atoms with Gasteiger partial charge in [0.15, 0.2) is 8.46 Å². The highest BCUT2D eigenvalue weighted by atomic mass is 32.1. The van der Waals surface area contributed by atoms with Crippen LogP contribution in [0.1, 0.15) is 54.3 Å². The monoisotopic (exact) mass is 727 g/mol. The zero-order valence-corrected chi connectivity index (χ0v) is 30.5. The summed E-state index contributed by atoms with van der Waals surface area (Å²) < 4.78 is 51.0. The van der Waals surface area contributed by atoms with Crippen LogP contribution in [0.3, 0.4) is 0 Å². The Morgan fingerprint density at radius 1 is 1.10 bits per heavy atom. The molecule has 1 aromatic carbocycles. The lowest BCUT2D eigenvalue weighted by Crippen LogP contribution is -2.48. The highest BCUT2D eigenvalue weighted by Crippen LogP contribution is 2.35. The fraction of sp³-hybridized carbons (Fsp3) is 0.571. The zero-order valence-electron chi connectivity index (χ0n) is 28.8. The molecule has 3 aromatic heterocycles. The van der Waals surface area contributed by atoms with E-state index in [1.807, 2.05) is 6.07 Å². The van der Waals surface area contributed by atoms with Crippen molar-refractivity contribution >= 4 is 52.7 Å². The molecule has 10 nitrogen and oxygen atoms in total. The maximum atomic E-state index is 13.0. The lowest BCUT2D eigenvalue weighted by Gasteiger charge is -2.33. The van der Waals surface area contributed by atoms with E-state index >= 15 is 0 Å². The normalized spacial score (nSPS) is 18.6. The summed E-state index contributed by atoms with van der Waals surface area (Å²) in [6.07, 6.45) is -1.09. The summed E-state index contributed by atoms with van der Waals surface area (Å²) in [6, 6.07) is 10.9. The van der Waals surface area contributed by atoms with Gasteiger partial charge in [0.1, 0.15) is 22.4 Å². The molecule has 0 amide bonds. The minimum atomic E-state index is -4.27. The molecule has 0 spiro atoms. The molecule has 50 heavy (non-hydrogen) atoms. The molecule has 2 aliphatic heterocycles. The minimum Gasteiger partial charge on any atom is -0.367 e. The number of nitriles is 1. The molecule has 268 valence electrons. The van der Waals surface area contributed by atoms with Gasteiger partial charge in [-0.15, -0.1) is 11.3 Å². The zero-order chi connectivity index (χ0) is 35.4. The van der Waals surface area contributed by atoms with Crippen molar-refractivity contribution in [2.45, 2.75) is 83.0 Å². The van der Waals surface area contributed by atoms with Crippen LogP contribution in [0.25, 0.3) is 21.1 Å². The first-order valence-electron chi connectivity index (χ1n) is 17.4. The molecular formula is C35H45F3N9OPS. The number of nitrogens with zero attached hydrogens (tertiary/aromatic N) is 6. The predicted octanol–water partition coefficient (Wildman–Crippen LogP) is 6.78. The third-order valence-electron chi connectivity index (χ3n) is 9.86. The number of rotatable bonds is 10.